The topological polar surface area (TPSA) is 76.4 Å². The van der Waals surface area contributed by atoms with E-state index in [0.29, 0.717) is 6.54 Å². The normalized spacial score (nSPS) is 17.2. The Balaban J connectivity index is 0.00000243. The van der Waals surface area contributed by atoms with Crippen molar-refractivity contribution < 1.29 is 4.74 Å². The van der Waals surface area contributed by atoms with Crippen molar-refractivity contribution in [2.45, 2.75) is 38.8 Å². The van der Waals surface area contributed by atoms with Gasteiger partial charge in [0.05, 0.1) is 6.10 Å². The van der Waals surface area contributed by atoms with Crippen LogP contribution in [0.15, 0.2) is 22.5 Å². The molecular weight excluding hydrogens is 463 g/mol. The first-order chi connectivity index (χ1) is 12.2. The number of hydrogen-bond donors (Lipinski definition) is 2. The minimum absolute atomic E-state index is 0. The van der Waals surface area contributed by atoms with E-state index >= 15 is 0 Å². The molecule has 2 aromatic heterocycles. The Hall–Kier alpha value is -1.20. The number of hydrogen-bond acceptors (Lipinski definition) is 5. The molecule has 144 valence electrons. The highest BCUT2D eigenvalue weighted by Gasteiger charge is 2.15. The van der Waals surface area contributed by atoms with Crippen molar-refractivity contribution in [3.8, 4) is 0 Å². The van der Waals surface area contributed by atoms with Crippen LogP contribution in [0.4, 0.5) is 0 Å². The fourth-order valence-electron chi connectivity index (χ4n) is 2.69. The second-order valence-electron chi connectivity index (χ2n) is 6.16. The second-order valence-corrected chi connectivity index (χ2v) is 7.19. The highest BCUT2D eigenvalue weighted by atomic mass is 127. The average Bonchev–Trinajstić information content (AvgIpc) is 3.36. The second kappa shape index (κ2) is 10.8. The lowest BCUT2D eigenvalue weighted by molar-refractivity contribution is 0.114. The lowest BCUT2D eigenvalue weighted by Crippen LogP contribution is -2.42. The third kappa shape index (κ3) is 6.20. The molecule has 0 amide bonds. The number of ether oxygens (including phenoxy) is 1. The molecule has 3 rings (SSSR count). The molecule has 0 aliphatic carbocycles. The summed E-state index contributed by atoms with van der Waals surface area (Å²) >= 11 is 1.78. The number of guanidine groups is 1. The van der Waals surface area contributed by atoms with Crippen molar-refractivity contribution in [3.63, 3.8) is 0 Å². The first-order valence-electron chi connectivity index (χ1n) is 8.73. The molecule has 0 radical (unpaired) electrons. The van der Waals surface area contributed by atoms with Gasteiger partial charge in [-0.15, -0.1) is 45.5 Å². The van der Waals surface area contributed by atoms with Gasteiger partial charge in [0.2, 0.25) is 0 Å². The summed E-state index contributed by atoms with van der Waals surface area (Å²) in [5.74, 6) is 2.55. The van der Waals surface area contributed by atoms with Gasteiger partial charge in [-0.2, -0.15) is 0 Å². The van der Waals surface area contributed by atoms with Gasteiger partial charge in [-0.25, -0.2) is 4.99 Å². The molecule has 1 fully saturated rings. The van der Waals surface area contributed by atoms with Crippen molar-refractivity contribution in [2.75, 3.05) is 19.7 Å². The van der Waals surface area contributed by atoms with E-state index in [4.69, 9.17) is 4.74 Å². The molecule has 1 saturated heterocycles. The number of nitrogens with one attached hydrogen (secondary N) is 2. The maximum atomic E-state index is 5.68. The number of aryl methyl sites for hydroxylation is 1. The summed E-state index contributed by atoms with van der Waals surface area (Å²) in [7, 11) is 1.96. The summed E-state index contributed by atoms with van der Waals surface area (Å²) in [5, 5.41) is 17.2. The fraction of sp³-hybridized carbons (Fsp3) is 0.588. The summed E-state index contributed by atoms with van der Waals surface area (Å²) in [6.07, 6.45) is 3.52. The monoisotopic (exact) mass is 490 g/mol. The predicted octanol–water partition coefficient (Wildman–Crippen LogP) is 2.26. The molecule has 0 aromatic carbocycles. The van der Waals surface area contributed by atoms with E-state index in [0.717, 1.165) is 56.6 Å². The molecule has 1 aliphatic heterocycles. The Labute approximate surface area is 175 Å². The maximum absolute atomic E-state index is 5.68. The first-order valence-corrected chi connectivity index (χ1v) is 9.61. The zero-order chi connectivity index (χ0) is 17.5. The number of aromatic nitrogens is 3. The first kappa shape index (κ1) is 21.1. The molecule has 1 unspecified atom stereocenters. The molecule has 2 N–H and O–H groups in total. The van der Waals surface area contributed by atoms with Gasteiger partial charge in [0.25, 0.3) is 0 Å². The van der Waals surface area contributed by atoms with E-state index < -0.39 is 0 Å². The smallest absolute Gasteiger partial charge is 0.191 e. The van der Waals surface area contributed by atoms with Crippen LogP contribution < -0.4 is 10.6 Å². The van der Waals surface area contributed by atoms with Gasteiger partial charge in [0, 0.05) is 31.6 Å². The Morgan fingerprint density at radius 1 is 1.42 bits per heavy atom. The van der Waals surface area contributed by atoms with Gasteiger partial charge in [0.15, 0.2) is 11.8 Å². The van der Waals surface area contributed by atoms with Gasteiger partial charge in [-0.1, -0.05) is 6.07 Å². The standard InChI is InChI=1S/C17H26N6OS.HI/c1-13-21-22-16(23(13)2)12-20-17(19-11-14-5-3-9-24-14)18-8-7-15-6-4-10-25-15;/h4,6,10,14H,3,5,7-9,11-12H2,1-2H3,(H2,18,19,20);1H. The zero-order valence-electron chi connectivity index (χ0n) is 15.3. The van der Waals surface area contributed by atoms with E-state index in [1.807, 2.05) is 18.5 Å². The van der Waals surface area contributed by atoms with Gasteiger partial charge in [0.1, 0.15) is 12.4 Å². The molecule has 0 spiro atoms. The number of halogens is 1. The number of rotatable bonds is 7. The minimum Gasteiger partial charge on any atom is -0.376 e. The van der Waals surface area contributed by atoms with E-state index in [9.17, 15) is 0 Å². The Morgan fingerprint density at radius 3 is 2.96 bits per heavy atom. The largest absolute Gasteiger partial charge is 0.376 e. The van der Waals surface area contributed by atoms with Crippen LogP contribution in [-0.4, -0.2) is 46.5 Å². The predicted molar refractivity (Wildman–Crippen MR) is 115 cm³/mol. The molecule has 3 heterocycles. The average molecular weight is 490 g/mol. The molecule has 9 heteroatoms. The molecule has 26 heavy (non-hydrogen) atoms. The lowest BCUT2D eigenvalue weighted by atomic mass is 10.2. The summed E-state index contributed by atoms with van der Waals surface area (Å²) in [4.78, 5) is 6.04. The highest BCUT2D eigenvalue weighted by Crippen LogP contribution is 2.10. The van der Waals surface area contributed by atoms with Crippen LogP contribution in [-0.2, 0) is 24.8 Å². The van der Waals surface area contributed by atoms with Gasteiger partial charge in [-0.05, 0) is 37.6 Å². The van der Waals surface area contributed by atoms with Crippen molar-refractivity contribution in [1.29, 1.82) is 0 Å². The van der Waals surface area contributed by atoms with Crippen molar-refractivity contribution in [2.24, 2.45) is 12.0 Å². The SMILES string of the molecule is Cc1nnc(CN=C(NCCc2cccs2)NCC2CCCO2)n1C.I. The van der Waals surface area contributed by atoms with Crippen LogP contribution in [0.3, 0.4) is 0 Å². The van der Waals surface area contributed by atoms with E-state index in [1.54, 1.807) is 11.3 Å². The molecule has 2 aromatic rings. The lowest BCUT2D eigenvalue weighted by Gasteiger charge is -2.15. The molecule has 0 saturated carbocycles. The highest BCUT2D eigenvalue weighted by molar-refractivity contribution is 14.0. The molecule has 7 nitrogen and oxygen atoms in total. The number of aliphatic imine (C=N–C) groups is 1. The van der Waals surface area contributed by atoms with Crippen molar-refractivity contribution >= 4 is 41.3 Å². The molecular formula is C17H27IN6OS. The van der Waals surface area contributed by atoms with Crippen LogP contribution in [0.5, 0.6) is 0 Å². The van der Waals surface area contributed by atoms with E-state index in [2.05, 4.69) is 43.3 Å². The van der Waals surface area contributed by atoms with Crippen LogP contribution in [0, 0.1) is 6.92 Å². The number of nitrogens with zero attached hydrogens (tertiary/aromatic N) is 4. The summed E-state index contributed by atoms with van der Waals surface area (Å²) < 4.78 is 7.65. The fourth-order valence-corrected chi connectivity index (χ4v) is 3.40. The van der Waals surface area contributed by atoms with Crippen LogP contribution in [0.2, 0.25) is 0 Å². The molecule has 0 bridgehead atoms. The third-order valence-electron chi connectivity index (χ3n) is 4.33. The quantitative estimate of drug-likeness (QED) is 0.354. The van der Waals surface area contributed by atoms with Crippen LogP contribution in [0.25, 0.3) is 0 Å². The van der Waals surface area contributed by atoms with Crippen LogP contribution >= 0.6 is 35.3 Å². The van der Waals surface area contributed by atoms with Crippen molar-refractivity contribution in [1.82, 2.24) is 25.4 Å². The van der Waals surface area contributed by atoms with Gasteiger partial charge in [-0.3, -0.25) is 0 Å². The third-order valence-corrected chi connectivity index (χ3v) is 5.26. The minimum atomic E-state index is 0. The summed E-state index contributed by atoms with van der Waals surface area (Å²) in [6, 6.07) is 4.24. The van der Waals surface area contributed by atoms with Gasteiger partial charge < -0.3 is 19.9 Å². The Bertz CT molecular complexity index is 681. The van der Waals surface area contributed by atoms with E-state index in [1.165, 1.54) is 4.88 Å². The summed E-state index contributed by atoms with van der Waals surface area (Å²) in [5.41, 5.74) is 0. The van der Waals surface area contributed by atoms with Crippen LogP contribution in [0.1, 0.15) is 29.4 Å². The Kier molecular flexibility index (Phi) is 8.79. The van der Waals surface area contributed by atoms with E-state index in [-0.39, 0.29) is 30.1 Å². The molecule has 1 aliphatic rings. The number of thiophene rings is 1. The van der Waals surface area contributed by atoms with Crippen molar-refractivity contribution in [3.05, 3.63) is 34.0 Å². The summed E-state index contributed by atoms with van der Waals surface area (Å²) in [6.45, 7) is 4.93. The zero-order valence-corrected chi connectivity index (χ0v) is 18.4. The maximum Gasteiger partial charge on any atom is 0.191 e. The van der Waals surface area contributed by atoms with Gasteiger partial charge >= 0.3 is 0 Å². The Morgan fingerprint density at radius 2 is 2.31 bits per heavy atom. The molecule has 1 atom stereocenters.